The van der Waals surface area contributed by atoms with Crippen LogP contribution < -0.4 is 10.2 Å². The van der Waals surface area contributed by atoms with Gasteiger partial charge in [0.1, 0.15) is 5.82 Å². The van der Waals surface area contributed by atoms with Gasteiger partial charge in [0.15, 0.2) is 0 Å². The van der Waals surface area contributed by atoms with E-state index in [1.165, 1.54) is 0 Å². The summed E-state index contributed by atoms with van der Waals surface area (Å²) in [6.45, 7) is 9.92. The van der Waals surface area contributed by atoms with Gasteiger partial charge in [-0.15, -0.1) is 0 Å². The van der Waals surface area contributed by atoms with Crippen molar-refractivity contribution in [3.05, 3.63) is 29.6 Å². The number of hydrogen-bond acceptors (Lipinski definition) is 3. The van der Waals surface area contributed by atoms with Crippen LogP contribution >= 0.6 is 0 Å². The standard InChI is InChI=1S/C17H30FN3/c1-6-19-14(3)17-15(18)10-8-11-16(17)21(7-2)13-9-12-20(4)5/h8,10-11,14,19H,6-7,9,12-13H2,1-5H3. The SMILES string of the molecule is CCNC(C)c1c(F)cccc1N(CC)CCCN(C)C. The predicted octanol–water partition coefficient (Wildman–Crippen LogP) is 3.27. The van der Waals surface area contributed by atoms with Crippen molar-refractivity contribution in [1.29, 1.82) is 0 Å². The molecule has 0 bridgehead atoms. The van der Waals surface area contributed by atoms with Gasteiger partial charge in [0, 0.05) is 30.4 Å². The predicted molar refractivity (Wildman–Crippen MR) is 89.5 cm³/mol. The molecule has 0 radical (unpaired) electrons. The first-order valence-electron chi connectivity index (χ1n) is 7.92. The normalized spacial score (nSPS) is 12.7. The number of halogens is 1. The molecule has 0 aliphatic rings. The Kier molecular flexibility index (Phi) is 7.68. The Morgan fingerprint density at radius 3 is 2.48 bits per heavy atom. The first kappa shape index (κ1) is 17.9. The first-order valence-corrected chi connectivity index (χ1v) is 7.92. The summed E-state index contributed by atoms with van der Waals surface area (Å²) in [5.41, 5.74) is 1.80. The lowest BCUT2D eigenvalue weighted by Gasteiger charge is -2.29. The smallest absolute Gasteiger partial charge is 0.130 e. The second kappa shape index (κ2) is 9.00. The fraction of sp³-hybridized carbons (Fsp3) is 0.647. The Hall–Kier alpha value is -1.13. The maximum absolute atomic E-state index is 14.3. The van der Waals surface area contributed by atoms with Crippen molar-refractivity contribution in [2.45, 2.75) is 33.2 Å². The van der Waals surface area contributed by atoms with Crippen LogP contribution in [-0.4, -0.2) is 45.2 Å². The minimum absolute atomic E-state index is 0.0223. The van der Waals surface area contributed by atoms with E-state index in [0.29, 0.717) is 0 Å². The fourth-order valence-electron chi connectivity index (χ4n) is 2.67. The highest BCUT2D eigenvalue weighted by atomic mass is 19.1. The molecule has 0 heterocycles. The van der Waals surface area contributed by atoms with Gasteiger partial charge >= 0.3 is 0 Å². The van der Waals surface area contributed by atoms with Crippen LogP contribution in [0, 0.1) is 5.82 Å². The monoisotopic (exact) mass is 295 g/mol. The molecule has 0 fully saturated rings. The van der Waals surface area contributed by atoms with Crippen LogP contribution in [0.4, 0.5) is 10.1 Å². The van der Waals surface area contributed by atoms with Gasteiger partial charge in [-0.05, 0) is 59.6 Å². The van der Waals surface area contributed by atoms with E-state index >= 15 is 0 Å². The molecule has 1 rings (SSSR count). The third kappa shape index (κ3) is 5.29. The summed E-state index contributed by atoms with van der Waals surface area (Å²) in [5, 5.41) is 3.32. The largest absolute Gasteiger partial charge is 0.371 e. The minimum Gasteiger partial charge on any atom is -0.371 e. The molecule has 0 amide bonds. The molecule has 1 N–H and O–H groups in total. The zero-order chi connectivity index (χ0) is 15.8. The van der Waals surface area contributed by atoms with Crippen molar-refractivity contribution in [2.24, 2.45) is 0 Å². The number of nitrogens with zero attached hydrogens (tertiary/aromatic N) is 2. The van der Waals surface area contributed by atoms with E-state index in [2.05, 4.69) is 36.1 Å². The molecule has 3 nitrogen and oxygen atoms in total. The Labute approximate surface area is 129 Å². The van der Waals surface area contributed by atoms with Crippen molar-refractivity contribution < 1.29 is 4.39 Å². The molecule has 0 aliphatic carbocycles. The van der Waals surface area contributed by atoms with E-state index in [1.54, 1.807) is 12.1 Å². The number of anilines is 1. The number of rotatable bonds is 9. The second-order valence-electron chi connectivity index (χ2n) is 5.69. The van der Waals surface area contributed by atoms with E-state index < -0.39 is 0 Å². The molecule has 1 unspecified atom stereocenters. The van der Waals surface area contributed by atoms with E-state index in [-0.39, 0.29) is 11.9 Å². The lowest BCUT2D eigenvalue weighted by atomic mass is 10.0. The van der Waals surface area contributed by atoms with Crippen molar-refractivity contribution in [3.8, 4) is 0 Å². The van der Waals surface area contributed by atoms with Gasteiger partial charge in [-0.25, -0.2) is 4.39 Å². The molecule has 4 heteroatoms. The van der Waals surface area contributed by atoms with Gasteiger partial charge in [0.05, 0.1) is 0 Å². The van der Waals surface area contributed by atoms with Crippen LogP contribution in [0.2, 0.25) is 0 Å². The molecular formula is C17H30FN3. The van der Waals surface area contributed by atoms with Crippen molar-refractivity contribution in [3.63, 3.8) is 0 Å². The maximum Gasteiger partial charge on any atom is 0.130 e. The molecule has 21 heavy (non-hydrogen) atoms. The van der Waals surface area contributed by atoms with E-state index in [1.807, 2.05) is 19.9 Å². The zero-order valence-corrected chi connectivity index (χ0v) is 14.1. The number of hydrogen-bond donors (Lipinski definition) is 1. The van der Waals surface area contributed by atoms with Gasteiger partial charge in [-0.1, -0.05) is 13.0 Å². The molecule has 0 aromatic heterocycles. The lowest BCUT2D eigenvalue weighted by molar-refractivity contribution is 0.400. The quantitative estimate of drug-likeness (QED) is 0.754. The highest BCUT2D eigenvalue weighted by Crippen LogP contribution is 2.29. The molecule has 120 valence electrons. The Morgan fingerprint density at radius 1 is 1.19 bits per heavy atom. The van der Waals surface area contributed by atoms with Gasteiger partial charge in [-0.3, -0.25) is 0 Å². The van der Waals surface area contributed by atoms with Crippen LogP contribution in [-0.2, 0) is 0 Å². The van der Waals surface area contributed by atoms with Gasteiger partial charge in [0.25, 0.3) is 0 Å². The topological polar surface area (TPSA) is 18.5 Å². The average Bonchev–Trinajstić information content (AvgIpc) is 2.43. The summed E-state index contributed by atoms with van der Waals surface area (Å²) in [7, 11) is 4.16. The highest BCUT2D eigenvalue weighted by molar-refractivity contribution is 5.55. The number of nitrogens with one attached hydrogen (secondary N) is 1. The van der Waals surface area contributed by atoms with Crippen LogP contribution in [0.5, 0.6) is 0 Å². The average molecular weight is 295 g/mol. The van der Waals surface area contributed by atoms with E-state index in [4.69, 9.17) is 0 Å². The summed E-state index contributed by atoms with van der Waals surface area (Å²) in [6.07, 6.45) is 1.08. The number of benzene rings is 1. The van der Waals surface area contributed by atoms with Crippen LogP contribution in [0.1, 0.15) is 38.8 Å². The summed E-state index contributed by atoms with van der Waals surface area (Å²) in [4.78, 5) is 4.46. The summed E-state index contributed by atoms with van der Waals surface area (Å²) in [5.74, 6) is -0.119. The minimum atomic E-state index is -0.119. The molecule has 0 aliphatic heterocycles. The van der Waals surface area contributed by atoms with Gasteiger partial charge in [-0.2, -0.15) is 0 Å². The van der Waals surface area contributed by atoms with Crippen LogP contribution in [0.15, 0.2) is 18.2 Å². The van der Waals surface area contributed by atoms with Gasteiger partial charge in [0.2, 0.25) is 0 Å². The van der Waals surface area contributed by atoms with E-state index in [0.717, 1.165) is 43.9 Å². The molecule has 1 atom stereocenters. The summed E-state index contributed by atoms with van der Waals surface area (Å²) in [6, 6.07) is 5.42. The van der Waals surface area contributed by atoms with Crippen molar-refractivity contribution in [1.82, 2.24) is 10.2 Å². The van der Waals surface area contributed by atoms with Crippen LogP contribution in [0.3, 0.4) is 0 Å². The third-order valence-corrected chi connectivity index (χ3v) is 3.73. The summed E-state index contributed by atoms with van der Waals surface area (Å²) >= 11 is 0. The zero-order valence-electron chi connectivity index (χ0n) is 14.1. The molecular weight excluding hydrogens is 265 g/mol. The molecule has 0 spiro atoms. The summed E-state index contributed by atoms with van der Waals surface area (Å²) < 4.78 is 14.3. The Balaban J connectivity index is 2.94. The molecule has 1 aromatic rings. The highest BCUT2D eigenvalue weighted by Gasteiger charge is 2.18. The van der Waals surface area contributed by atoms with Crippen LogP contribution in [0.25, 0.3) is 0 Å². The maximum atomic E-state index is 14.3. The van der Waals surface area contributed by atoms with Crippen molar-refractivity contribution in [2.75, 3.05) is 45.2 Å². The Bertz CT molecular complexity index is 420. The third-order valence-electron chi connectivity index (χ3n) is 3.73. The van der Waals surface area contributed by atoms with Crippen molar-refractivity contribution >= 4 is 5.69 Å². The second-order valence-corrected chi connectivity index (χ2v) is 5.69. The lowest BCUT2D eigenvalue weighted by Crippen LogP contribution is -2.30. The fourth-order valence-corrected chi connectivity index (χ4v) is 2.67. The molecule has 1 aromatic carbocycles. The molecule has 0 saturated carbocycles. The Morgan fingerprint density at radius 2 is 1.90 bits per heavy atom. The van der Waals surface area contributed by atoms with Gasteiger partial charge < -0.3 is 15.1 Å². The molecule has 0 saturated heterocycles. The van der Waals surface area contributed by atoms with E-state index in [9.17, 15) is 4.39 Å². The first-order chi connectivity index (χ1) is 10.0.